The second kappa shape index (κ2) is 6.85. The Labute approximate surface area is 135 Å². The van der Waals surface area contributed by atoms with Crippen LogP contribution in [-0.4, -0.2) is 40.1 Å². The molecule has 3 rings (SSSR count). The summed E-state index contributed by atoms with van der Waals surface area (Å²) >= 11 is 1.70. The molecule has 0 amide bonds. The molecule has 0 unspecified atom stereocenters. The summed E-state index contributed by atoms with van der Waals surface area (Å²) in [6.45, 7) is 1.08. The van der Waals surface area contributed by atoms with Crippen LogP contribution in [0, 0.1) is 0 Å². The first kappa shape index (κ1) is 14.9. The van der Waals surface area contributed by atoms with Gasteiger partial charge in [0.25, 0.3) is 0 Å². The predicted octanol–water partition coefficient (Wildman–Crippen LogP) is 3.49. The lowest BCUT2D eigenvalue weighted by atomic mass is 10.2. The molecule has 0 aliphatic rings. The number of thiophene rings is 1. The Bertz CT molecular complexity index is 716. The van der Waals surface area contributed by atoms with Gasteiger partial charge in [0.1, 0.15) is 0 Å². The van der Waals surface area contributed by atoms with E-state index in [0.29, 0.717) is 0 Å². The van der Waals surface area contributed by atoms with Crippen molar-refractivity contribution in [3.8, 4) is 16.5 Å². The van der Waals surface area contributed by atoms with E-state index in [1.54, 1.807) is 11.3 Å². The van der Waals surface area contributed by atoms with Gasteiger partial charge in [0, 0.05) is 18.1 Å². The first-order valence-corrected chi connectivity index (χ1v) is 8.30. The first-order valence-electron chi connectivity index (χ1n) is 7.42. The van der Waals surface area contributed by atoms with Gasteiger partial charge in [-0.2, -0.15) is 0 Å². The predicted molar refractivity (Wildman–Crippen MR) is 91.5 cm³/mol. The van der Waals surface area contributed by atoms with E-state index in [2.05, 4.69) is 52.1 Å². The van der Waals surface area contributed by atoms with Crippen LogP contribution in [0.15, 0.2) is 48.1 Å². The summed E-state index contributed by atoms with van der Waals surface area (Å²) in [7, 11) is 4.21. The molecule has 0 fully saturated rings. The summed E-state index contributed by atoms with van der Waals surface area (Å²) in [5.74, 6) is 0.746. The number of nitrogens with zero attached hydrogens (tertiary/aromatic N) is 4. The zero-order valence-electron chi connectivity index (χ0n) is 12.9. The van der Waals surface area contributed by atoms with Crippen molar-refractivity contribution in [1.82, 2.24) is 19.4 Å². The average molecular weight is 312 g/mol. The van der Waals surface area contributed by atoms with Gasteiger partial charge in [-0.1, -0.05) is 6.07 Å². The van der Waals surface area contributed by atoms with Crippen molar-refractivity contribution in [3.05, 3.63) is 53.8 Å². The maximum atomic E-state index is 4.71. The second-order valence-electron chi connectivity index (χ2n) is 5.50. The largest absolute Gasteiger partial charge is 0.309 e. The molecule has 0 spiro atoms. The lowest BCUT2D eigenvalue weighted by Gasteiger charge is -2.11. The van der Waals surface area contributed by atoms with Crippen LogP contribution in [0.5, 0.6) is 0 Å². The van der Waals surface area contributed by atoms with E-state index in [9.17, 15) is 0 Å². The van der Waals surface area contributed by atoms with Gasteiger partial charge in [-0.05, 0) is 63.1 Å². The molecule has 0 atom stereocenters. The molecule has 4 nitrogen and oxygen atoms in total. The standard InChI is InChI=1S/C17H20N4S/c1-20(2)11-3-6-14-7-4-12-21(14)17-18-10-9-15(19-17)16-8-5-13-22-16/h4-5,7-10,12-13H,3,6,11H2,1-2H3. The summed E-state index contributed by atoms with van der Waals surface area (Å²) in [5.41, 5.74) is 2.23. The van der Waals surface area contributed by atoms with Crippen LogP contribution in [0.25, 0.3) is 16.5 Å². The summed E-state index contributed by atoms with van der Waals surface area (Å²) in [4.78, 5) is 12.5. The molecule has 0 N–H and O–H groups in total. The van der Waals surface area contributed by atoms with Crippen molar-refractivity contribution in [2.75, 3.05) is 20.6 Å². The molecule has 0 aromatic carbocycles. The van der Waals surface area contributed by atoms with Crippen LogP contribution >= 0.6 is 11.3 Å². The Kier molecular flexibility index (Phi) is 4.65. The zero-order chi connectivity index (χ0) is 15.4. The quantitative estimate of drug-likeness (QED) is 0.699. The van der Waals surface area contributed by atoms with Crippen molar-refractivity contribution >= 4 is 11.3 Å². The number of rotatable bonds is 6. The molecule has 0 saturated heterocycles. The summed E-state index contributed by atoms with van der Waals surface area (Å²) in [6.07, 6.45) is 6.03. The highest BCUT2D eigenvalue weighted by Crippen LogP contribution is 2.23. The molecule has 0 bridgehead atoms. The SMILES string of the molecule is CN(C)CCCc1cccn1-c1nccc(-c2cccs2)n1. The van der Waals surface area contributed by atoms with Crippen molar-refractivity contribution in [3.63, 3.8) is 0 Å². The lowest BCUT2D eigenvalue weighted by molar-refractivity contribution is 0.399. The van der Waals surface area contributed by atoms with Gasteiger partial charge in [-0.15, -0.1) is 11.3 Å². The lowest BCUT2D eigenvalue weighted by Crippen LogP contribution is -2.14. The Morgan fingerprint density at radius 3 is 2.86 bits per heavy atom. The maximum Gasteiger partial charge on any atom is 0.234 e. The van der Waals surface area contributed by atoms with Crippen LogP contribution in [0.4, 0.5) is 0 Å². The summed E-state index contributed by atoms with van der Waals surface area (Å²) < 4.78 is 2.09. The van der Waals surface area contributed by atoms with Crippen molar-refractivity contribution < 1.29 is 0 Å². The van der Waals surface area contributed by atoms with Crippen LogP contribution in [0.3, 0.4) is 0 Å². The minimum Gasteiger partial charge on any atom is -0.309 e. The summed E-state index contributed by atoms with van der Waals surface area (Å²) in [6, 6.07) is 10.3. The van der Waals surface area contributed by atoms with Gasteiger partial charge >= 0.3 is 0 Å². The highest BCUT2D eigenvalue weighted by Gasteiger charge is 2.08. The van der Waals surface area contributed by atoms with Gasteiger partial charge in [0.05, 0.1) is 10.6 Å². The van der Waals surface area contributed by atoms with Crippen LogP contribution < -0.4 is 0 Å². The molecule has 0 radical (unpaired) electrons. The Morgan fingerprint density at radius 1 is 1.18 bits per heavy atom. The van der Waals surface area contributed by atoms with Gasteiger partial charge in [-0.25, -0.2) is 9.97 Å². The zero-order valence-corrected chi connectivity index (χ0v) is 13.8. The molecule has 22 heavy (non-hydrogen) atoms. The molecular formula is C17H20N4S. The highest BCUT2D eigenvalue weighted by atomic mass is 32.1. The molecule has 3 aromatic heterocycles. The van der Waals surface area contributed by atoms with Crippen molar-refractivity contribution in [2.24, 2.45) is 0 Å². The normalized spacial score (nSPS) is 11.2. The number of hydrogen-bond donors (Lipinski definition) is 0. The molecule has 3 heterocycles. The third-order valence-corrected chi connectivity index (χ3v) is 4.40. The Hall–Kier alpha value is -1.98. The fourth-order valence-electron chi connectivity index (χ4n) is 2.42. The van der Waals surface area contributed by atoms with E-state index in [0.717, 1.165) is 31.0 Å². The van der Waals surface area contributed by atoms with Crippen molar-refractivity contribution in [1.29, 1.82) is 0 Å². The third-order valence-electron chi connectivity index (χ3n) is 3.50. The summed E-state index contributed by atoms with van der Waals surface area (Å²) in [5, 5.41) is 2.07. The monoisotopic (exact) mass is 312 g/mol. The van der Waals surface area contributed by atoms with E-state index in [-0.39, 0.29) is 0 Å². The fraction of sp³-hybridized carbons (Fsp3) is 0.294. The van der Waals surface area contributed by atoms with Crippen molar-refractivity contribution in [2.45, 2.75) is 12.8 Å². The molecular weight excluding hydrogens is 292 g/mol. The van der Waals surface area contributed by atoms with Gasteiger partial charge in [0.15, 0.2) is 0 Å². The van der Waals surface area contributed by atoms with Gasteiger partial charge < -0.3 is 4.90 Å². The van der Waals surface area contributed by atoms with Crippen LogP contribution in [0.2, 0.25) is 0 Å². The van der Waals surface area contributed by atoms with E-state index >= 15 is 0 Å². The van der Waals surface area contributed by atoms with E-state index in [1.807, 2.05) is 24.5 Å². The average Bonchev–Trinajstić information content (AvgIpc) is 3.19. The molecule has 5 heteroatoms. The first-order chi connectivity index (χ1) is 10.7. The second-order valence-corrected chi connectivity index (χ2v) is 6.44. The van der Waals surface area contributed by atoms with Gasteiger partial charge in [-0.3, -0.25) is 4.57 Å². The smallest absolute Gasteiger partial charge is 0.234 e. The molecule has 0 aliphatic heterocycles. The third kappa shape index (κ3) is 3.43. The minimum absolute atomic E-state index is 0.746. The minimum atomic E-state index is 0.746. The number of aromatic nitrogens is 3. The molecule has 0 saturated carbocycles. The van der Waals surface area contributed by atoms with E-state index in [1.165, 1.54) is 10.6 Å². The van der Waals surface area contributed by atoms with Crippen LogP contribution in [0.1, 0.15) is 12.1 Å². The topological polar surface area (TPSA) is 34.0 Å². The Morgan fingerprint density at radius 2 is 2.09 bits per heavy atom. The molecule has 3 aromatic rings. The Balaban J connectivity index is 1.83. The fourth-order valence-corrected chi connectivity index (χ4v) is 3.11. The van der Waals surface area contributed by atoms with E-state index < -0.39 is 0 Å². The maximum absolute atomic E-state index is 4.71. The molecule has 114 valence electrons. The van der Waals surface area contributed by atoms with Crippen LogP contribution in [-0.2, 0) is 6.42 Å². The van der Waals surface area contributed by atoms with Gasteiger partial charge in [0.2, 0.25) is 5.95 Å². The molecule has 0 aliphatic carbocycles. The highest BCUT2D eigenvalue weighted by molar-refractivity contribution is 7.13. The number of hydrogen-bond acceptors (Lipinski definition) is 4. The van der Waals surface area contributed by atoms with E-state index in [4.69, 9.17) is 4.98 Å². The number of aryl methyl sites for hydroxylation is 1.